The van der Waals surface area contributed by atoms with Crippen LogP contribution >= 0.6 is 0 Å². The lowest BCUT2D eigenvalue weighted by Gasteiger charge is -2.45. The number of hydrogen-bond acceptors (Lipinski definition) is 3. The van der Waals surface area contributed by atoms with Crippen LogP contribution in [0.25, 0.3) is 0 Å². The Morgan fingerprint density at radius 3 is 2.77 bits per heavy atom. The van der Waals surface area contributed by atoms with Gasteiger partial charge in [-0.15, -0.1) is 0 Å². The van der Waals surface area contributed by atoms with Gasteiger partial charge in [0.1, 0.15) is 5.75 Å². The number of rotatable bonds is 3. The lowest BCUT2D eigenvalue weighted by Crippen LogP contribution is -2.57. The summed E-state index contributed by atoms with van der Waals surface area (Å²) in [6.45, 7) is 3.46. The molecule has 4 nitrogen and oxygen atoms in total. The molecule has 0 spiro atoms. The van der Waals surface area contributed by atoms with Crippen molar-refractivity contribution in [3.63, 3.8) is 0 Å². The first-order valence-corrected chi connectivity index (χ1v) is 8.44. The fourth-order valence-electron chi connectivity index (χ4n) is 4.41. The molecule has 2 unspecified atom stereocenters. The number of methoxy groups -OCH3 is 1. The fourth-order valence-corrected chi connectivity index (χ4v) is 4.41. The molecule has 3 saturated heterocycles. The maximum atomic E-state index is 12.7. The predicted octanol–water partition coefficient (Wildman–Crippen LogP) is 1.94. The second-order valence-corrected chi connectivity index (χ2v) is 6.91. The van der Waals surface area contributed by atoms with Gasteiger partial charge in [0, 0.05) is 12.6 Å². The van der Waals surface area contributed by atoms with Crippen molar-refractivity contribution in [3.05, 3.63) is 29.3 Å². The summed E-state index contributed by atoms with van der Waals surface area (Å²) in [5, 5.41) is 3.35. The third-order valence-electron chi connectivity index (χ3n) is 5.73. The zero-order valence-electron chi connectivity index (χ0n) is 13.2. The molecule has 0 radical (unpaired) electrons. The van der Waals surface area contributed by atoms with Crippen LogP contribution in [0.1, 0.15) is 36.3 Å². The maximum Gasteiger partial charge on any atom is 0.227 e. The molecule has 4 aliphatic rings. The normalized spacial score (nSPS) is 32.6. The van der Waals surface area contributed by atoms with E-state index in [1.54, 1.807) is 7.11 Å². The summed E-state index contributed by atoms with van der Waals surface area (Å²) in [4.78, 5) is 15.2. The summed E-state index contributed by atoms with van der Waals surface area (Å²) >= 11 is 0. The Bertz CT molecular complexity index is 578. The third-order valence-corrected chi connectivity index (χ3v) is 5.73. The van der Waals surface area contributed by atoms with E-state index in [1.165, 1.54) is 37.1 Å². The zero-order chi connectivity index (χ0) is 15.1. The van der Waals surface area contributed by atoms with Gasteiger partial charge < -0.3 is 15.0 Å². The number of nitrogens with zero attached hydrogens (tertiary/aromatic N) is 1. The minimum Gasteiger partial charge on any atom is -0.497 e. The molecule has 3 heterocycles. The molecule has 5 rings (SSSR count). The van der Waals surface area contributed by atoms with Crippen LogP contribution in [0.4, 0.5) is 0 Å². The highest BCUT2D eigenvalue weighted by atomic mass is 16.5. The minimum atomic E-state index is 0.0244. The largest absolute Gasteiger partial charge is 0.497 e. The van der Waals surface area contributed by atoms with E-state index in [2.05, 4.69) is 22.3 Å². The lowest BCUT2D eigenvalue weighted by atomic mass is 9.83. The number of amides is 1. The second-order valence-electron chi connectivity index (χ2n) is 6.91. The van der Waals surface area contributed by atoms with E-state index in [-0.39, 0.29) is 11.8 Å². The lowest BCUT2D eigenvalue weighted by molar-refractivity contribution is -0.124. The molecular formula is C18H24N2O2. The van der Waals surface area contributed by atoms with Gasteiger partial charge in [-0.1, -0.05) is 6.07 Å². The number of piperidine rings is 3. The zero-order valence-corrected chi connectivity index (χ0v) is 13.2. The summed E-state index contributed by atoms with van der Waals surface area (Å²) in [5.41, 5.74) is 2.47. The number of hydrogen-bond donors (Lipinski definition) is 1. The molecule has 2 bridgehead atoms. The van der Waals surface area contributed by atoms with Crippen LogP contribution in [-0.2, 0) is 11.2 Å². The SMILES string of the molecule is COc1ccc2c(c1)CCC2C(=O)NC1CN2CCC1CC2. The topological polar surface area (TPSA) is 41.6 Å². The van der Waals surface area contributed by atoms with Gasteiger partial charge in [0.25, 0.3) is 0 Å². The molecule has 1 amide bonds. The molecule has 1 aliphatic carbocycles. The number of fused-ring (bicyclic) bond motifs is 4. The van der Waals surface area contributed by atoms with Crippen LogP contribution < -0.4 is 10.1 Å². The van der Waals surface area contributed by atoms with Gasteiger partial charge >= 0.3 is 0 Å². The van der Waals surface area contributed by atoms with E-state index >= 15 is 0 Å². The molecule has 0 saturated carbocycles. The number of ether oxygens (including phenoxy) is 1. The Labute approximate surface area is 131 Å². The standard InChI is InChI=1S/C18H24N2O2/c1-22-14-3-5-15-13(10-14)2-4-16(15)18(21)19-17-11-20-8-6-12(17)7-9-20/h3,5,10,12,16-17H,2,4,6-9,11H2,1H3,(H,19,21). The van der Waals surface area contributed by atoms with Gasteiger partial charge in [-0.2, -0.15) is 0 Å². The first-order chi connectivity index (χ1) is 10.7. The minimum absolute atomic E-state index is 0.0244. The molecule has 3 aliphatic heterocycles. The van der Waals surface area contributed by atoms with Crippen molar-refractivity contribution in [2.24, 2.45) is 5.92 Å². The Morgan fingerprint density at radius 1 is 1.27 bits per heavy atom. The summed E-state index contributed by atoms with van der Waals surface area (Å²) in [7, 11) is 1.69. The van der Waals surface area contributed by atoms with Crippen molar-refractivity contribution >= 4 is 5.91 Å². The quantitative estimate of drug-likeness (QED) is 0.927. The predicted molar refractivity (Wildman–Crippen MR) is 85.2 cm³/mol. The van der Waals surface area contributed by atoms with Gasteiger partial charge in [-0.3, -0.25) is 4.79 Å². The summed E-state index contributed by atoms with van der Waals surface area (Å²) < 4.78 is 5.28. The van der Waals surface area contributed by atoms with Gasteiger partial charge in [-0.25, -0.2) is 0 Å². The molecule has 0 aromatic heterocycles. The Kier molecular flexibility index (Phi) is 3.57. The molecule has 1 N–H and O–H groups in total. The maximum absolute atomic E-state index is 12.7. The molecule has 3 fully saturated rings. The van der Waals surface area contributed by atoms with Gasteiger partial charge in [0.2, 0.25) is 5.91 Å². The van der Waals surface area contributed by atoms with Crippen LogP contribution in [0.5, 0.6) is 5.75 Å². The number of carbonyl (C=O) groups is 1. The van der Waals surface area contributed by atoms with E-state index in [9.17, 15) is 4.79 Å². The van der Waals surface area contributed by atoms with E-state index in [0.717, 1.165) is 25.1 Å². The molecule has 1 aromatic rings. The highest BCUT2D eigenvalue weighted by Gasteiger charge is 2.37. The van der Waals surface area contributed by atoms with Gasteiger partial charge in [0.15, 0.2) is 0 Å². The first-order valence-electron chi connectivity index (χ1n) is 8.44. The summed E-state index contributed by atoms with van der Waals surface area (Å²) in [6.07, 6.45) is 4.38. The molecule has 4 heteroatoms. The molecule has 1 aromatic carbocycles. The Hall–Kier alpha value is -1.55. The van der Waals surface area contributed by atoms with Crippen molar-refractivity contribution in [2.45, 2.75) is 37.6 Å². The molecule has 22 heavy (non-hydrogen) atoms. The summed E-state index contributed by atoms with van der Waals surface area (Å²) in [5.74, 6) is 1.82. The highest BCUT2D eigenvalue weighted by molar-refractivity contribution is 5.85. The van der Waals surface area contributed by atoms with E-state index < -0.39 is 0 Å². The molecule has 118 valence electrons. The average molecular weight is 300 g/mol. The van der Waals surface area contributed by atoms with Crippen molar-refractivity contribution in [1.29, 1.82) is 0 Å². The highest BCUT2D eigenvalue weighted by Crippen LogP contribution is 2.36. The number of benzene rings is 1. The van der Waals surface area contributed by atoms with Crippen molar-refractivity contribution in [2.75, 3.05) is 26.7 Å². The fraction of sp³-hybridized carbons (Fsp3) is 0.611. The van der Waals surface area contributed by atoms with Gasteiger partial charge in [-0.05, 0) is 68.0 Å². The van der Waals surface area contributed by atoms with Crippen LogP contribution in [0, 0.1) is 5.92 Å². The number of aryl methyl sites for hydroxylation is 1. The van der Waals surface area contributed by atoms with Crippen LogP contribution in [0.15, 0.2) is 18.2 Å². The first kappa shape index (κ1) is 14.1. The monoisotopic (exact) mass is 300 g/mol. The molecule has 2 atom stereocenters. The number of carbonyl (C=O) groups excluding carboxylic acids is 1. The van der Waals surface area contributed by atoms with E-state index in [4.69, 9.17) is 4.74 Å². The third kappa shape index (κ3) is 2.39. The average Bonchev–Trinajstić information content (AvgIpc) is 2.99. The Balaban J connectivity index is 1.46. The molecular weight excluding hydrogens is 276 g/mol. The van der Waals surface area contributed by atoms with Gasteiger partial charge in [0.05, 0.1) is 13.0 Å². The van der Waals surface area contributed by atoms with Crippen molar-refractivity contribution in [3.8, 4) is 5.75 Å². The van der Waals surface area contributed by atoms with Crippen molar-refractivity contribution < 1.29 is 9.53 Å². The second kappa shape index (κ2) is 5.58. The van der Waals surface area contributed by atoms with E-state index in [0.29, 0.717) is 12.0 Å². The smallest absolute Gasteiger partial charge is 0.227 e. The van der Waals surface area contributed by atoms with E-state index in [1.807, 2.05) is 6.07 Å². The van der Waals surface area contributed by atoms with Crippen molar-refractivity contribution in [1.82, 2.24) is 10.2 Å². The Morgan fingerprint density at radius 2 is 2.09 bits per heavy atom. The van der Waals surface area contributed by atoms with Crippen LogP contribution in [0.3, 0.4) is 0 Å². The van der Waals surface area contributed by atoms with Crippen LogP contribution in [0.2, 0.25) is 0 Å². The number of nitrogens with one attached hydrogen (secondary N) is 1. The van der Waals surface area contributed by atoms with Crippen LogP contribution in [-0.4, -0.2) is 43.6 Å². The summed E-state index contributed by atoms with van der Waals surface area (Å²) in [6, 6.07) is 6.48.